The van der Waals surface area contributed by atoms with Crippen LogP contribution >= 0.6 is 0 Å². The zero-order valence-electron chi connectivity index (χ0n) is 9.74. The SMILES string of the molecule is NC(=O)c1ccc(Oc2ccc(C(=O)O)cn2)cc1. The van der Waals surface area contributed by atoms with Crippen LogP contribution in [0.15, 0.2) is 42.6 Å². The van der Waals surface area contributed by atoms with Crippen molar-refractivity contribution in [2.75, 3.05) is 0 Å². The summed E-state index contributed by atoms with van der Waals surface area (Å²) in [6.07, 6.45) is 1.20. The van der Waals surface area contributed by atoms with Gasteiger partial charge in [-0.15, -0.1) is 0 Å². The summed E-state index contributed by atoms with van der Waals surface area (Å²) in [5.74, 6) is -0.835. The highest BCUT2D eigenvalue weighted by atomic mass is 16.5. The third kappa shape index (κ3) is 3.06. The smallest absolute Gasteiger partial charge is 0.337 e. The van der Waals surface area contributed by atoms with Crippen molar-refractivity contribution in [3.8, 4) is 11.6 Å². The van der Waals surface area contributed by atoms with Crippen LogP contribution in [-0.4, -0.2) is 22.0 Å². The average Bonchev–Trinajstić information content (AvgIpc) is 2.40. The molecule has 6 nitrogen and oxygen atoms in total. The van der Waals surface area contributed by atoms with Crippen molar-refractivity contribution in [2.24, 2.45) is 5.73 Å². The van der Waals surface area contributed by atoms with E-state index in [1.165, 1.54) is 30.5 Å². The molecule has 0 atom stereocenters. The van der Waals surface area contributed by atoms with Gasteiger partial charge in [0.1, 0.15) is 5.75 Å². The molecule has 0 fully saturated rings. The predicted molar refractivity (Wildman–Crippen MR) is 66.2 cm³/mol. The maximum absolute atomic E-state index is 10.9. The topological polar surface area (TPSA) is 103 Å². The second-order valence-corrected chi connectivity index (χ2v) is 3.68. The summed E-state index contributed by atoms with van der Waals surface area (Å²) in [5.41, 5.74) is 5.57. The van der Waals surface area contributed by atoms with Gasteiger partial charge in [0.25, 0.3) is 0 Å². The molecular weight excluding hydrogens is 248 g/mol. The lowest BCUT2D eigenvalue weighted by Crippen LogP contribution is -2.10. The molecular formula is C13H10N2O4. The molecule has 0 aliphatic rings. The molecule has 1 heterocycles. The number of hydrogen-bond donors (Lipinski definition) is 2. The van der Waals surface area contributed by atoms with Crippen LogP contribution < -0.4 is 10.5 Å². The van der Waals surface area contributed by atoms with E-state index in [9.17, 15) is 9.59 Å². The Morgan fingerprint density at radius 2 is 1.68 bits per heavy atom. The molecule has 0 radical (unpaired) electrons. The number of pyridine rings is 1. The number of primary amides is 1. The molecule has 3 N–H and O–H groups in total. The second kappa shape index (κ2) is 5.18. The van der Waals surface area contributed by atoms with Gasteiger partial charge in [0.05, 0.1) is 5.56 Å². The Morgan fingerprint density at radius 3 is 2.16 bits per heavy atom. The van der Waals surface area contributed by atoms with Gasteiger partial charge in [0.2, 0.25) is 11.8 Å². The van der Waals surface area contributed by atoms with Crippen molar-refractivity contribution < 1.29 is 19.4 Å². The third-order valence-corrected chi connectivity index (χ3v) is 2.34. The predicted octanol–water partition coefficient (Wildman–Crippen LogP) is 1.67. The van der Waals surface area contributed by atoms with Gasteiger partial charge in [0, 0.05) is 17.8 Å². The monoisotopic (exact) mass is 258 g/mol. The summed E-state index contributed by atoms with van der Waals surface area (Å²) in [4.78, 5) is 25.4. The maximum atomic E-state index is 10.9. The Hall–Kier alpha value is -2.89. The minimum atomic E-state index is -1.05. The maximum Gasteiger partial charge on any atom is 0.337 e. The number of carbonyl (C=O) groups is 2. The fourth-order valence-electron chi connectivity index (χ4n) is 1.38. The standard InChI is InChI=1S/C13H10N2O4/c14-12(16)8-1-4-10(5-2-8)19-11-6-3-9(7-15-11)13(17)18/h1-7H,(H2,14,16)(H,17,18). The van der Waals surface area contributed by atoms with Crippen LogP contribution in [0.1, 0.15) is 20.7 Å². The first-order valence-corrected chi connectivity index (χ1v) is 5.33. The van der Waals surface area contributed by atoms with Crippen molar-refractivity contribution in [1.82, 2.24) is 4.98 Å². The number of carboxylic acids is 1. The van der Waals surface area contributed by atoms with E-state index in [0.29, 0.717) is 11.3 Å². The van der Waals surface area contributed by atoms with Crippen LogP contribution in [0.25, 0.3) is 0 Å². The zero-order valence-corrected chi connectivity index (χ0v) is 9.74. The van der Waals surface area contributed by atoms with Gasteiger partial charge >= 0.3 is 5.97 Å². The van der Waals surface area contributed by atoms with Gasteiger partial charge in [-0.05, 0) is 30.3 Å². The van der Waals surface area contributed by atoms with Crippen LogP contribution in [0.3, 0.4) is 0 Å². The van der Waals surface area contributed by atoms with E-state index in [1.54, 1.807) is 12.1 Å². The molecule has 0 aliphatic heterocycles. The van der Waals surface area contributed by atoms with Gasteiger partial charge in [0.15, 0.2) is 0 Å². The van der Waals surface area contributed by atoms with E-state index in [4.69, 9.17) is 15.6 Å². The second-order valence-electron chi connectivity index (χ2n) is 3.68. The Labute approximate surface area is 108 Å². The molecule has 0 unspecified atom stereocenters. The van der Waals surface area contributed by atoms with E-state index >= 15 is 0 Å². The molecule has 0 bridgehead atoms. The van der Waals surface area contributed by atoms with Gasteiger partial charge in [-0.25, -0.2) is 9.78 Å². The highest BCUT2D eigenvalue weighted by Gasteiger charge is 2.05. The number of aromatic carboxylic acids is 1. The molecule has 0 saturated carbocycles. The van der Waals surface area contributed by atoms with Crippen molar-refractivity contribution in [3.05, 3.63) is 53.7 Å². The fraction of sp³-hybridized carbons (Fsp3) is 0. The normalized spacial score (nSPS) is 9.89. The number of ether oxygens (including phenoxy) is 1. The summed E-state index contributed by atoms with van der Waals surface area (Å²) >= 11 is 0. The number of carboxylic acid groups (broad SMARTS) is 1. The van der Waals surface area contributed by atoms with Crippen LogP contribution in [-0.2, 0) is 0 Å². The number of nitrogens with two attached hydrogens (primary N) is 1. The lowest BCUT2D eigenvalue weighted by Gasteiger charge is -2.05. The van der Waals surface area contributed by atoms with Crippen molar-refractivity contribution in [2.45, 2.75) is 0 Å². The molecule has 96 valence electrons. The molecule has 6 heteroatoms. The fourth-order valence-corrected chi connectivity index (χ4v) is 1.38. The van der Waals surface area contributed by atoms with Gasteiger partial charge in [-0.3, -0.25) is 4.79 Å². The summed E-state index contributed by atoms with van der Waals surface area (Å²) < 4.78 is 5.39. The Balaban J connectivity index is 2.12. The minimum Gasteiger partial charge on any atom is -0.478 e. The number of amides is 1. The van der Waals surface area contributed by atoms with Crippen LogP contribution in [0.4, 0.5) is 0 Å². The Morgan fingerprint density at radius 1 is 1.05 bits per heavy atom. The van der Waals surface area contributed by atoms with Crippen molar-refractivity contribution in [1.29, 1.82) is 0 Å². The zero-order chi connectivity index (χ0) is 13.8. The van der Waals surface area contributed by atoms with Crippen molar-refractivity contribution in [3.63, 3.8) is 0 Å². The quantitative estimate of drug-likeness (QED) is 0.868. The summed E-state index contributed by atoms with van der Waals surface area (Å²) in [7, 11) is 0. The van der Waals surface area contributed by atoms with E-state index in [0.717, 1.165) is 0 Å². The highest BCUT2D eigenvalue weighted by molar-refractivity contribution is 5.92. The summed E-state index contributed by atoms with van der Waals surface area (Å²) in [5, 5.41) is 8.72. The number of aromatic nitrogens is 1. The average molecular weight is 258 g/mol. The molecule has 1 amide bonds. The third-order valence-electron chi connectivity index (χ3n) is 2.34. The largest absolute Gasteiger partial charge is 0.478 e. The first-order chi connectivity index (χ1) is 9.06. The Bertz CT molecular complexity index is 550. The first kappa shape index (κ1) is 12.6. The van der Waals surface area contributed by atoms with Gasteiger partial charge in [-0.2, -0.15) is 0 Å². The number of carbonyl (C=O) groups excluding carboxylic acids is 1. The van der Waals surface area contributed by atoms with Crippen LogP contribution in [0, 0.1) is 0 Å². The summed E-state index contributed by atoms with van der Waals surface area (Å²) in [6, 6.07) is 9.06. The van der Waals surface area contributed by atoms with Gasteiger partial charge < -0.3 is 15.6 Å². The van der Waals surface area contributed by atoms with Crippen LogP contribution in [0.5, 0.6) is 11.6 Å². The number of hydrogen-bond acceptors (Lipinski definition) is 4. The first-order valence-electron chi connectivity index (χ1n) is 5.33. The number of benzene rings is 1. The summed E-state index contributed by atoms with van der Waals surface area (Å²) in [6.45, 7) is 0. The van der Waals surface area contributed by atoms with E-state index in [1.807, 2.05) is 0 Å². The molecule has 0 spiro atoms. The molecule has 1 aromatic heterocycles. The minimum absolute atomic E-state index is 0.0800. The molecule has 2 aromatic rings. The number of nitrogens with zero attached hydrogens (tertiary/aromatic N) is 1. The lowest BCUT2D eigenvalue weighted by molar-refractivity contribution is 0.0696. The van der Waals surface area contributed by atoms with E-state index < -0.39 is 11.9 Å². The van der Waals surface area contributed by atoms with E-state index in [-0.39, 0.29) is 11.4 Å². The number of rotatable bonds is 4. The molecule has 1 aromatic carbocycles. The Kier molecular flexibility index (Phi) is 3.42. The van der Waals surface area contributed by atoms with E-state index in [2.05, 4.69) is 4.98 Å². The van der Waals surface area contributed by atoms with Crippen molar-refractivity contribution >= 4 is 11.9 Å². The molecule has 2 rings (SSSR count). The molecule has 0 aliphatic carbocycles. The molecule has 19 heavy (non-hydrogen) atoms. The van der Waals surface area contributed by atoms with Gasteiger partial charge in [-0.1, -0.05) is 0 Å². The lowest BCUT2D eigenvalue weighted by atomic mass is 10.2. The molecule has 0 saturated heterocycles. The van der Waals surface area contributed by atoms with Crippen LogP contribution in [0.2, 0.25) is 0 Å². The highest BCUT2D eigenvalue weighted by Crippen LogP contribution is 2.19.